The van der Waals surface area contributed by atoms with Gasteiger partial charge in [-0.25, -0.2) is 8.42 Å². The van der Waals surface area contributed by atoms with Crippen LogP contribution in [0.2, 0.25) is 0 Å². The highest BCUT2D eigenvalue weighted by atomic mass is 79.9. The van der Waals surface area contributed by atoms with Crippen molar-refractivity contribution >= 4 is 31.6 Å². The SMILES string of the molecule is CS(=O)(=O)c1cccc(Br)c1-c1cc(N)no1. The molecule has 2 aromatic rings. The van der Waals surface area contributed by atoms with Crippen LogP contribution in [-0.4, -0.2) is 19.8 Å². The minimum absolute atomic E-state index is 0.169. The van der Waals surface area contributed by atoms with Gasteiger partial charge in [0.25, 0.3) is 0 Å². The van der Waals surface area contributed by atoms with Crippen molar-refractivity contribution < 1.29 is 12.9 Å². The quantitative estimate of drug-likeness (QED) is 0.916. The van der Waals surface area contributed by atoms with E-state index in [4.69, 9.17) is 10.3 Å². The number of nitrogens with two attached hydrogens (primary N) is 1. The fraction of sp³-hybridized carbons (Fsp3) is 0.100. The Bertz CT molecular complexity index is 664. The van der Waals surface area contributed by atoms with Crippen LogP contribution >= 0.6 is 15.9 Å². The van der Waals surface area contributed by atoms with Gasteiger partial charge in [0.15, 0.2) is 21.4 Å². The van der Waals surface area contributed by atoms with Gasteiger partial charge in [-0.1, -0.05) is 11.2 Å². The van der Waals surface area contributed by atoms with E-state index in [0.29, 0.717) is 15.8 Å². The maximum atomic E-state index is 11.7. The number of sulfone groups is 1. The average molecular weight is 317 g/mol. The molecule has 0 radical (unpaired) electrons. The highest BCUT2D eigenvalue weighted by molar-refractivity contribution is 9.10. The molecule has 0 unspecified atom stereocenters. The summed E-state index contributed by atoms with van der Waals surface area (Å²) >= 11 is 3.29. The summed E-state index contributed by atoms with van der Waals surface area (Å²) in [5, 5.41) is 3.54. The minimum Gasteiger partial charge on any atom is -0.381 e. The third kappa shape index (κ3) is 2.34. The third-order valence-electron chi connectivity index (χ3n) is 2.15. The van der Waals surface area contributed by atoms with Crippen molar-refractivity contribution in [3.8, 4) is 11.3 Å². The lowest BCUT2D eigenvalue weighted by molar-refractivity contribution is 0.434. The van der Waals surface area contributed by atoms with E-state index in [1.54, 1.807) is 12.1 Å². The topological polar surface area (TPSA) is 86.2 Å². The molecule has 90 valence electrons. The first-order valence-corrected chi connectivity index (χ1v) is 7.29. The standard InChI is InChI=1S/C10H9BrN2O3S/c1-17(14,15)8-4-2-3-6(11)10(8)7-5-9(12)13-16-7/h2-5H,1H3,(H2,12,13). The lowest BCUT2D eigenvalue weighted by Gasteiger charge is -2.06. The number of hydrogen-bond acceptors (Lipinski definition) is 5. The third-order valence-corrected chi connectivity index (χ3v) is 3.95. The molecular formula is C10H9BrN2O3S. The monoisotopic (exact) mass is 316 g/mol. The predicted molar refractivity (Wildman–Crippen MR) is 67.2 cm³/mol. The molecule has 1 heterocycles. The van der Waals surface area contributed by atoms with Gasteiger partial charge in [0.05, 0.1) is 10.5 Å². The number of halogens is 1. The second kappa shape index (κ2) is 4.15. The van der Waals surface area contributed by atoms with Crippen LogP contribution in [0.3, 0.4) is 0 Å². The van der Waals surface area contributed by atoms with E-state index in [9.17, 15) is 8.42 Å². The summed E-state index contributed by atoms with van der Waals surface area (Å²) in [7, 11) is -3.35. The number of nitrogens with zero attached hydrogens (tertiary/aromatic N) is 1. The first kappa shape index (κ1) is 12.1. The smallest absolute Gasteiger partial charge is 0.176 e. The summed E-state index contributed by atoms with van der Waals surface area (Å²) in [6, 6.07) is 6.36. The molecule has 2 N–H and O–H groups in total. The lowest BCUT2D eigenvalue weighted by Crippen LogP contribution is -2.00. The van der Waals surface area contributed by atoms with Crippen molar-refractivity contribution in [1.29, 1.82) is 0 Å². The molecule has 7 heteroatoms. The van der Waals surface area contributed by atoms with Gasteiger partial charge < -0.3 is 10.3 Å². The van der Waals surface area contributed by atoms with Crippen molar-refractivity contribution in [3.63, 3.8) is 0 Å². The Labute approximate surface area is 107 Å². The second-order valence-electron chi connectivity index (χ2n) is 3.50. The number of nitrogen functional groups attached to an aromatic ring is 1. The largest absolute Gasteiger partial charge is 0.381 e. The Morgan fingerprint density at radius 1 is 1.41 bits per heavy atom. The van der Waals surface area contributed by atoms with E-state index in [-0.39, 0.29) is 10.7 Å². The molecule has 2 rings (SSSR count). The Kier molecular flexibility index (Phi) is 2.96. The molecule has 0 aliphatic carbocycles. The molecule has 0 aliphatic heterocycles. The van der Waals surface area contributed by atoms with Crippen LogP contribution in [0, 0.1) is 0 Å². The van der Waals surface area contributed by atoms with Crippen LogP contribution in [0.25, 0.3) is 11.3 Å². The van der Waals surface area contributed by atoms with Crippen LogP contribution in [-0.2, 0) is 9.84 Å². The number of benzene rings is 1. The molecule has 0 amide bonds. The molecular weight excluding hydrogens is 308 g/mol. The number of anilines is 1. The second-order valence-corrected chi connectivity index (χ2v) is 6.34. The van der Waals surface area contributed by atoms with E-state index in [1.165, 1.54) is 12.1 Å². The van der Waals surface area contributed by atoms with Crippen molar-refractivity contribution in [2.45, 2.75) is 4.90 Å². The van der Waals surface area contributed by atoms with Crippen molar-refractivity contribution in [2.75, 3.05) is 12.0 Å². The van der Waals surface area contributed by atoms with Gasteiger partial charge in [0, 0.05) is 16.8 Å². The van der Waals surface area contributed by atoms with Crippen LogP contribution in [0.4, 0.5) is 5.82 Å². The molecule has 5 nitrogen and oxygen atoms in total. The fourth-order valence-corrected chi connectivity index (χ4v) is 3.06. The fourth-order valence-electron chi connectivity index (χ4n) is 1.46. The zero-order valence-corrected chi connectivity index (χ0v) is 11.2. The van der Waals surface area contributed by atoms with Gasteiger partial charge in [-0.15, -0.1) is 0 Å². The summed E-state index contributed by atoms with van der Waals surface area (Å²) in [5.41, 5.74) is 5.89. The Morgan fingerprint density at radius 3 is 2.65 bits per heavy atom. The lowest BCUT2D eigenvalue weighted by atomic mass is 10.2. The Morgan fingerprint density at radius 2 is 2.12 bits per heavy atom. The van der Waals surface area contributed by atoms with Gasteiger partial charge in [-0.2, -0.15) is 0 Å². The van der Waals surface area contributed by atoms with Gasteiger partial charge in [-0.3, -0.25) is 0 Å². The van der Waals surface area contributed by atoms with E-state index < -0.39 is 9.84 Å². The molecule has 0 saturated carbocycles. The summed E-state index contributed by atoms with van der Waals surface area (Å²) < 4.78 is 28.9. The Balaban J connectivity index is 2.76. The van der Waals surface area contributed by atoms with Gasteiger partial charge >= 0.3 is 0 Å². The van der Waals surface area contributed by atoms with E-state index in [2.05, 4.69) is 21.1 Å². The van der Waals surface area contributed by atoms with Crippen LogP contribution in [0.15, 0.2) is 38.2 Å². The summed E-state index contributed by atoms with van der Waals surface area (Å²) in [4.78, 5) is 0.169. The number of aromatic nitrogens is 1. The van der Waals surface area contributed by atoms with Crippen molar-refractivity contribution in [2.24, 2.45) is 0 Å². The van der Waals surface area contributed by atoms with Crippen LogP contribution in [0.1, 0.15) is 0 Å². The van der Waals surface area contributed by atoms with E-state index in [0.717, 1.165) is 6.26 Å². The van der Waals surface area contributed by atoms with Crippen molar-refractivity contribution in [3.05, 3.63) is 28.7 Å². The predicted octanol–water partition coefficient (Wildman–Crippen LogP) is 2.09. The molecule has 0 atom stereocenters. The van der Waals surface area contributed by atoms with Gasteiger partial charge in [-0.05, 0) is 28.1 Å². The summed E-state index contributed by atoms with van der Waals surface area (Å²) in [6.07, 6.45) is 1.14. The maximum absolute atomic E-state index is 11.7. The number of hydrogen-bond donors (Lipinski definition) is 1. The molecule has 0 spiro atoms. The normalized spacial score (nSPS) is 11.6. The molecule has 0 aliphatic rings. The first-order valence-electron chi connectivity index (χ1n) is 4.61. The zero-order chi connectivity index (χ0) is 12.6. The molecule has 1 aromatic heterocycles. The van der Waals surface area contributed by atoms with Crippen LogP contribution < -0.4 is 5.73 Å². The highest BCUT2D eigenvalue weighted by Crippen LogP contribution is 2.34. The Hall–Kier alpha value is -1.34. The molecule has 1 aromatic carbocycles. The zero-order valence-electron chi connectivity index (χ0n) is 8.84. The van der Waals surface area contributed by atoms with Gasteiger partial charge in [0.1, 0.15) is 0 Å². The molecule has 0 fully saturated rings. The summed E-state index contributed by atoms with van der Waals surface area (Å²) in [6.45, 7) is 0. The molecule has 0 saturated heterocycles. The molecule has 0 bridgehead atoms. The summed E-state index contributed by atoms with van der Waals surface area (Å²) in [5.74, 6) is 0.519. The average Bonchev–Trinajstić information content (AvgIpc) is 2.63. The maximum Gasteiger partial charge on any atom is 0.176 e. The first-order chi connectivity index (χ1) is 7.89. The van der Waals surface area contributed by atoms with E-state index in [1.807, 2.05) is 0 Å². The molecule has 17 heavy (non-hydrogen) atoms. The number of rotatable bonds is 2. The highest BCUT2D eigenvalue weighted by Gasteiger charge is 2.20. The van der Waals surface area contributed by atoms with Gasteiger partial charge in [0.2, 0.25) is 0 Å². The van der Waals surface area contributed by atoms with E-state index >= 15 is 0 Å². The van der Waals surface area contributed by atoms with Crippen LogP contribution in [0.5, 0.6) is 0 Å². The minimum atomic E-state index is -3.35. The van der Waals surface area contributed by atoms with Crippen molar-refractivity contribution in [1.82, 2.24) is 5.16 Å².